The van der Waals surface area contributed by atoms with E-state index >= 15 is 0 Å². The average Bonchev–Trinajstić information content (AvgIpc) is 2.88. The molecule has 2 amide bonds. The van der Waals surface area contributed by atoms with Crippen molar-refractivity contribution in [1.29, 1.82) is 5.41 Å². The first-order valence-corrected chi connectivity index (χ1v) is 11.8. The van der Waals surface area contributed by atoms with Gasteiger partial charge in [0.2, 0.25) is 11.8 Å². The highest BCUT2D eigenvalue weighted by atomic mass is 16.5. The van der Waals surface area contributed by atoms with Crippen LogP contribution in [0.3, 0.4) is 0 Å². The molecule has 12 nitrogen and oxygen atoms in total. The zero-order valence-corrected chi connectivity index (χ0v) is 20.9. The van der Waals surface area contributed by atoms with Gasteiger partial charge in [0.25, 0.3) is 0 Å². The van der Waals surface area contributed by atoms with E-state index < -0.39 is 42.3 Å². The maximum absolute atomic E-state index is 12.7. The van der Waals surface area contributed by atoms with Gasteiger partial charge in [-0.25, -0.2) is 4.79 Å². The summed E-state index contributed by atoms with van der Waals surface area (Å²) in [6.45, 7) is 0.317. The Kier molecular flexibility index (Phi) is 11.6. The van der Waals surface area contributed by atoms with E-state index in [0.717, 1.165) is 0 Å². The van der Waals surface area contributed by atoms with Crippen LogP contribution in [0.15, 0.2) is 48.5 Å². The van der Waals surface area contributed by atoms with Gasteiger partial charge in [-0.2, -0.15) is 0 Å². The minimum absolute atomic E-state index is 0.0181. The first-order chi connectivity index (χ1) is 18.1. The summed E-state index contributed by atoms with van der Waals surface area (Å²) < 4.78 is 10.6. The number of hydrogen-bond acceptors (Lipinski definition) is 7. The molecule has 38 heavy (non-hydrogen) atoms. The quantitative estimate of drug-likeness (QED) is 0.105. The normalized spacial score (nSPS) is 12.0. The third-order valence-electron chi connectivity index (χ3n) is 5.48. The van der Waals surface area contributed by atoms with Gasteiger partial charge in [-0.3, -0.25) is 19.8 Å². The summed E-state index contributed by atoms with van der Waals surface area (Å²) in [4.78, 5) is 48.0. The molecule has 0 aliphatic rings. The summed E-state index contributed by atoms with van der Waals surface area (Å²) >= 11 is 0. The van der Waals surface area contributed by atoms with E-state index in [2.05, 4.69) is 10.6 Å². The Morgan fingerprint density at radius 3 is 2.11 bits per heavy atom. The van der Waals surface area contributed by atoms with Crippen LogP contribution in [0.2, 0.25) is 0 Å². The Morgan fingerprint density at radius 2 is 1.55 bits per heavy atom. The van der Waals surface area contributed by atoms with Crippen LogP contribution in [-0.4, -0.2) is 65.6 Å². The van der Waals surface area contributed by atoms with Crippen molar-refractivity contribution in [1.82, 2.24) is 10.6 Å². The molecule has 2 aromatic carbocycles. The summed E-state index contributed by atoms with van der Waals surface area (Å²) in [5.41, 5.74) is 6.60. The highest BCUT2D eigenvalue weighted by Gasteiger charge is 2.28. The number of nitrogen functional groups attached to an aromatic ring is 1. The van der Waals surface area contributed by atoms with Crippen LogP contribution in [0.1, 0.15) is 36.8 Å². The summed E-state index contributed by atoms with van der Waals surface area (Å²) in [7, 11) is 1.50. The van der Waals surface area contributed by atoms with Crippen LogP contribution in [0.4, 0.5) is 0 Å². The Balaban J connectivity index is 1.85. The molecule has 12 heteroatoms. The van der Waals surface area contributed by atoms with Gasteiger partial charge in [0, 0.05) is 18.4 Å². The molecule has 0 aromatic heterocycles. The molecule has 2 rings (SSSR count). The Labute approximate surface area is 219 Å². The number of nitrogens with two attached hydrogens (primary N) is 1. The van der Waals surface area contributed by atoms with Gasteiger partial charge in [-0.15, -0.1) is 0 Å². The molecule has 0 saturated heterocycles. The molecule has 2 atom stereocenters. The predicted molar refractivity (Wildman–Crippen MR) is 137 cm³/mol. The number of carbonyl (C=O) groups is 4. The van der Waals surface area contributed by atoms with Crippen molar-refractivity contribution in [2.75, 3.05) is 13.7 Å². The van der Waals surface area contributed by atoms with Crippen molar-refractivity contribution in [2.45, 2.75) is 44.2 Å². The van der Waals surface area contributed by atoms with E-state index in [4.69, 9.17) is 20.6 Å². The standard InChI is InChI=1S/C26H32N4O8/c1-37-18-9-5-16(6-10-18)14-21(26(35)36)30-25(34)20(15-23(32)33)29-22(31)4-2-3-13-38-19-11-7-17(8-12-19)24(27)28/h5-12,20-21H,2-4,13-15H2,1H3,(H3,27,28)(H,29,31)(H,30,34)(H,32,33)(H,35,36). The molecule has 0 heterocycles. The number of carboxylic acid groups (broad SMARTS) is 2. The highest BCUT2D eigenvalue weighted by Crippen LogP contribution is 2.14. The first kappa shape index (κ1) is 29.6. The number of amidine groups is 1. The minimum Gasteiger partial charge on any atom is -0.497 e. The molecule has 0 spiro atoms. The van der Waals surface area contributed by atoms with Crippen molar-refractivity contribution >= 4 is 29.6 Å². The third kappa shape index (κ3) is 10.2. The topological polar surface area (TPSA) is 201 Å². The lowest BCUT2D eigenvalue weighted by atomic mass is 10.0. The van der Waals surface area contributed by atoms with Crippen LogP contribution in [0, 0.1) is 5.41 Å². The van der Waals surface area contributed by atoms with Crippen molar-refractivity contribution in [2.24, 2.45) is 5.73 Å². The monoisotopic (exact) mass is 528 g/mol. The highest BCUT2D eigenvalue weighted by molar-refractivity contribution is 5.95. The SMILES string of the molecule is COc1ccc(CC(NC(=O)C(CC(=O)O)NC(=O)CCCCOc2ccc(C(=N)N)cc2)C(=O)O)cc1. The van der Waals surface area contributed by atoms with Crippen LogP contribution < -0.4 is 25.8 Å². The number of carboxylic acids is 2. The lowest BCUT2D eigenvalue weighted by molar-refractivity contribution is -0.143. The number of amides is 2. The number of nitrogens with one attached hydrogen (secondary N) is 3. The molecular weight excluding hydrogens is 496 g/mol. The number of ether oxygens (including phenoxy) is 2. The van der Waals surface area contributed by atoms with Gasteiger partial charge in [-0.1, -0.05) is 12.1 Å². The van der Waals surface area contributed by atoms with Gasteiger partial charge in [0.1, 0.15) is 29.4 Å². The van der Waals surface area contributed by atoms with E-state index in [0.29, 0.717) is 42.1 Å². The fraction of sp³-hybridized carbons (Fsp3) is 0.346. The van der Waals surface area contributed by atoms with E-state index in [1.54, 1.807) is 48.5 Å². The van der Waals surface area contributed by atoms with Crippen molar-refractivity contribution in [3.05, 3.63) is 59.7 Å². The zero-order chi connectivity index (χ0) is 28.1. The second-order valence-electron chi connectivity index (χ2n) is 8.41. The van der Waals surface area contributed by atoms with Crippen LogP contribution in [-0.2, 0) is 25.6 Å². The fourth-order valence-corrected chi connectivity index (χ4v) is 3.43. The zero-order valence-electron chi connectivity index (χ0n) is 20.9. The number of benzene rings is 2. The van der Waals surface area contributed by atoms with Gasteiger partial charge in [0.15, 0.2) is 0 Å². The van der Waals surface area contributed by atoms with E-state index in [1.807, 2.05) is 0 Å². The van der Waals surface area contributed by atoms with Crippen molar-refractivity contribution in [3.63, 3.8) is 0 Å². The summed E-state index contributed by atoms with van der Waals surface area (Å²) in [5, 5.41) is 30.8. The van der Waals surface area contributed by atoms with E-state index in [9.17, 15) is 29.4 Å². The van der Waals surface area contributed by atoms with Gasteiger partial charge < -0.3 is 36.1 Å². The number of carbonyl (C=O) groups excluding carboxylic acids is 2. The number of unbranched alkanes of at least 4 members (excludes halogenated alkanes) is 1. The number of rotatable bonds is 16. The predicted octanol–water partition coefficient (Wildman–Crippen LogP) is 1.30. The third-order valence-corrected chi connectivity index (χ3v) is 5.48. The molecule has 0 saturated carbocycles. The smallest absolute Gasteiger partial charge is 0.326 e. The van der Waals surface area contributed by atoms with Crippen molar-refractivity contribution < 1.29 is 38.9 Å². The number of methoxy groups -OCH3 is 1. The molecule has 0 fully saturated rings. The number of hydrogen-bond donors (Lipinski definition) is 6. The van der Waals surface area contributed by atoms with Gasteiger partial charge >= 0.3 is 11.9 Å². The molecule has 0 aliphatic heterocycles. The summed E-state index contributed by atoms with van der Waals surface area (Å²) in [5.74, 6) is -2.95. The Bertz CT molecular complexity index is 1120. The fourth-order valence-electron chi connectivity index (χ4n) is 3.43. The second kappa shape index (κ2) is 14.8. The maximum Gasteiger partial charge on any atom is 0.326 e. The lowest BCUT2D eigenvalue weighted by Gasteiger charge is -2.20. The minimum atomic E-state index is -1.44. The Morgan fingerprint density at radius 1 is 0.921 bits per heavy atom. The van der Waals surface area contributed by atoms with Gasteiger partial charge in [-0.05, 0) is 54.8 Å². The Hall–Kier alpha value is -4.61. The van der Waals surface area contributed by atoms with Crippen LogP contribution >= 0.6 is 0 Å². The maximum atomic E-state index is 12.7. The average molecular weight is 529 g/mol. The molecule has 204 valence electrons. The summed E-state index contributed by atoms with van der Waals surface area (Å²) in [6, 6.07) is 10.5. The number of aliphatic carboxylic acids is 2. The van der Waals surface area contributed by atoms with E-state index in [-0.39, 0.29) is 18.7 Å². The molecular formula is C26H32N4O8. The molecule has 2 unspecified atom stereocenters. The molecule has 0 aliphatic carbocycles. The molecule has 2 aromatic rings. The van der Waals surface area contributed by atoms with Crippen molar-refractivity contribution in [3.8, 4) is 11.5 Å². The lowest BCUT2D eigenvalue weighted by Crippen LogP contribution is -2.52. The van der Waals surface area contributed by atoms with E-state index in [1.165, 1.54) is 7.11 Å². The van der Waals surface area contributed by atoms with Crippen LogP contribution in [0.5, 0.6) is 11.5 Å². The largest absolute Gasteiger partial charge is 0.497 e. The summed E-state index contributed by atoms with van der Waals surface area (Å²) in [6.07, 6.45) is 0.195. The van der Waals surface area contributed by atoms with Gasteiger partial charge in [0.05, 0.1) is 20.1 Å². The molecule has 0 bridgehead atoms. The second-order valence-corrected chi connectivity index (χ2v) is 8.41. The molecule has 7 N–H and O–H groups in total. The van der Waals surface area contributed by atoms with Crippen LogP contribution in [0.25, 0.3) is 0 Å². The first-order valence-electron chi connectivity index (χ1n) is 11.8. The molecule has 0 radical (unpaired) electrons.